The van der Waals surface area contributed by atoms with Crippen molar-refractivity contribution in [3.05, 3.63) is 29.8 Å². The topological polar surface area (TPSA) is 24.9 Å². The van der Waals surface area contributed by atoms with Crippen molar-refractivity contribution in [2.45, 2.75) is 32.2 Å². The summed E-state index contributed by atoms with van der Waals surface area (Å²) in [5.41, 5.74) is 0.954. The van der Waals surface area contributed by atoms with E-state index in [1.54, 1.807) is 6.07 Å². The van der Waals surface area contributed by atoms with E-state index in [1.165, 1.54) is 12.3 Å². The van der Waals surface area contributed by atoms with Gasteiger partial charge in [0.15, 0.2) is 0 Å². The molecule has 0 spiro atoms. The Morgan fingerprint density at radius 1 is 1.50 bits per heavy atom. The van der Waals surface area contributed by atoms with E-state index in [0.29, 0.717) is 12.0 Å². The highest BCUT2D eigenvalue weighted by molar-refractivity contribution is 5.12. The van der Waals surface area contributed by atoms with Gasteiger partial charge in [-0.2, -0.15) is 0 Å². The van der Waals surface area contributed by atoms with Crippen LogP contribution in [0.3, 0.4) is 0 Å². The molecule has 14 heavy (non-hydrogen) atoms. The normalized spacial score (nSPS) is 15.1. The van der Waals surface area contributed by atoms with Gasteiger partial charge in [-0.1, -0.05) is 6.92 Å². The van der Waals surface area contributed by atoms with Gasteiger partial charge in [-0.15, -0.1) is 0 Å². The Labute approximate surface area is 84.6 Å². The molecule has 1 aromatic heterocycles. The molecule has 0 aromatic carbocycles. The first-order valence-corrected chi connectivity index (χ1v) is 4.97. The lowest BCUT2D eigenvalue weighted by molar-refractivity contribution is 0.472. The second-order valence-electron chi connectivity index (χ2n) is 3.49. The minimum absolute atomic E-state index is 0.277. The number of aromatic nitrogens is 1. The molecule has 3 heteroatoms. The van der Waals surface area contributed by atoms with Gasteiger partial charge in [0.1, 0.15) is 5.82 Å². The average molecular weight is 196 g/mol. The zero-order valence-corrected chi connectivity index (χ0v) is 8.92. The maximum Gasteiger partial charge on any atom is 0.141 e. The van der Waals surface area contributed by atoms with E-state index in [1.807, 2.05) is 7.05 Å². The summed E-state index contributed by atoms with van der Waals surface area (Å²) in [7, 11) is 1.93. The molecule has 0 radical (unpaired) electrons. The minimum atomic E-state index is -0.277. The van der Waals surface area contributed by atoms with Gasteiger partial charge in [-0.25, -0.2) is 4.39 Å². The van der Waals surface area contributed by atoms with Gasteiger partial charge in [0, 0.05) is 17.7 Å². The minimum Gasteiger partial charge on any atom is -0.317 e. The van der Waals surface area contributed by atoms with Crippen molar-refractivity contribution in [2.75, 3.05) is 7.05 Å². The van der Waals surface area contributed by atoms with E-state index in [-0.39, 0.29) is 5.82 Å². The molecule has 0 aliphatic carbocycles. The summed E-state index contributed by atoms with van der Waals surface area (Å²) in [5, 5.41) is 3.20. The summed E-state index contributed by atoms with van der Waals surface area (Å²) >= 11 is 0. The van der Waals surface area contributed by atoms with Crippen LogP contribution in [0, 0.1) is 5.82 Å². The van der Waals surface area contributed by atoms with Crippen LogP contribution in [0.15, 0.2) is 18.3 Å². The van der Waals surface area contributed by atoms with Crippen LogP contribution in [0.4, 0.5) is 4.39 Å². The number of rotatable bonds is 4. The Morgan fingerprint density at radius 3 is 2.64 bits per heavy atom. The standard InChI is InChI=1S/C11H17FN2/c1-4-10(8(2)13-3)11-6-5-9(12)7-14-11/h5-8,10,13H,4H2,1-3H3. The monoisotopic (exact) mass is 196 g/mol. The zero-order valence-electron chi connectivity index (χ0n) is 8.92. The summed E-state index contributed by atoms with van der Waals surface area (Å²) in [6.07, 6.45) is 2.28. The van der Waals surface area contributed by atoms with E-state index >= 15 is 0 Å². The number of likely N-dealkylation sites (N-methyl/N-ethyl adjacent to an activating group) is 1. The summed E-state index contributed by atoms with van der Waals surface area (Å²) in [4.78, 5) is 4.10. The molecular weight excluding hydrogens is 179 g/mol. The second kappa shape index (κ2) is 5.05. The highest BCUT2D eigenvalue weighted by Crippen LogP contribution is 2.21. The predicted octanol–water partition coefficient (Wildman–Crippen LogP) is 2.32. The Bertz CT molecular complexity index is 271. The third kappa shape index (κ3) is 2.51. The summed E-state index contributed by atoms with van der Waals surface area (Å²) < 4.78 is 12.7. The van der Waals surface area contributed by atoms with Crippen molar-refractivity contribution in [3.63, 3.8) is 0 Å². The van der Waals surface area contributed by atoms with Crippen molar-refractivity contribution in [2.24, 2.45) is 0 Å². The first-order chi connectivity index (χ1) is 6.69. The van der Waals surface area contributed by atoms with Crippen molar-refractivity contribution >= 4 is 0 Å². The fraction of sp³-hybridized carbons (Fsp3) is 0.545. The lowest BCUT2D eigenvalue weighted by Gasteiger charge is -2.21. The lowest BCUT2D eigenvalue weighted by Crippen LogP contribution is -2.29. The lowest BCUT2D eigenvalue weighted by atomic mass is 9.94. The van der Waals surface area contributed by atoms with Crippen LogP contribution in [-0.4, -0.2) is 18.1 Å². The smallest absolute Gasteiger partial charge is 0.141 e. The van der Waals surface area contributed by atoms with Gasteiger partial charge in [0.2, 0.25) is 0 Å². The molecule has 0 amide bonds. The van der Waals surface area contributed by atoms with Gasteiger partial charge >= 0.3 is 0 Å². The maximum absolute atomic E-state index is 12.7. The number of nitrogens with one attached hydrogen (secondary N) is 1. The first-order valence-electron chi connectivity index (χ1n) is 4.97. The largest absolute Gasteiger partial charge is 0.317 e. The van der Waals surface area contributed by atoms with Crippen molar-refractivity contribution in [1.82, 2.24) is 10.3 Å². The Kier molecular flexibility index (Phi) is 4.01. The maximum atomic E-state index is 12.7. The fourth-order valence-electron chi connectivity index (χ4n) is 1.63. The van der Waals surface area contributed by atoms with Crippen LogP contribution in [0.1, 0.15) is 31.9 Å². The third-order valence-electron chi connectivity index (χ3n) is 2.63. The quantitative estimate of drug-likeness (QED) is 0.799. The Morgan fingerprint density at radius 2 is 2.21 bits per heavy atom. The molecule has 78 valence electrons. The molecule has 2 atom stereocenters. The van der Waals surface area contributed by atoms with Crippen molar-refractivity contribution in [3.8, 4) is 0 Å². The van der Waals surface area contributed by atoms with Gasteiger partial charge in [0.05, 0.1) is 6.20 Å². The second-order valence-corrected chi connectivity index (χ2v) is 3.49. The molecule has 0 aliphatic heterocycles. The van der Waals surface area contributed by atoms with Crippen LogP contribution < -0.4 is 5.32 Å². The van der Waals surface area contributed by atoms with Crippen molar-refractivity contribution in [1.29, 1.82) is 0 Å². The fourth-order valence-corrected chi connectivity index (χ4v) is 1.63. The molecule has 0 aliphatic rings. The number of hydrogen-bond donors (Lipinski definition) is 1. The average Bonchev–Trinajstić information content (AvgIpc) is 2.21. The molecule has 0 fully saturated rings. The molecule has 1 aromatic rings. The van der Waals surface area contributed by atoms with Gasteiger partial charge in [0.25, 0.3) is 0 Å². The molecule has 1 heterocycles. The van der Waals surface area contributed by atoms with Crippen LogP contribution in [-0.2, 0) is 0 Å². The Balaban J connectivity index is 2.84. The third-order valence-corrected chi connectivity index (χ3v) is 2.63. The van der Waals surface area contributed by atoms with Crippen LogP contribution >= 0.6 is 0 Å². The predicted molar refractivity (Wildman–Crippen MR) is 55.7 cm³/mol. The highest BCUT2D eigenvalue weighted by atomic mass is 19.1. The molecule has 1 rings (SSSR count). The van der Waals surface area contributed by atoms with E-state index in [0.717, 1.165) is 12.1 Å². The summed E-state index contributed by atoms with van der Waals surface area (Å²) in [6.45, 7) is 4.22. The molecular formula is C11H17FN2. The molecule has 2 unspecified atom stereocenters. The summed E-state index contributed by atoms with van der Waals surface area (Å²) in [5.74, 6) is 0.0707. The molecule has 2 nitrogen and oxygen atoms in total. The van der Waals surface area contributed by atoms with Crippen molar-refractivity contribution < 1.29 is 4.39 Å². The van der Waals surface area contributed by atoms with Gasteiger partial charge < -0.3 is 5.32 Å². The highest BCUT2D eigenvalue weighted by Gasteiger charge is 2.16. The zero-order chi connectivity index (χ0) is 10.6. The molecule has 0 saturated heterocycles. The SMILES string of the molecule is CCC(c1ccc(F)cn1)C(C)NC. The first kappa shape index (κ1) is 11.1. The van der Waals surface area contributed by atoms with Crippen LogP contribution in [0.2, 0.25) is 0 Å². The van der Waals surface area contributed by atoms with Crippen LogP contribution in [0.5, 0.6) is 0 Å². The number of pyridine rings is 1. The molecule has 1 N–H and O–H groups in total. The van der Waals surface area contributed by atoms with Gasteiger partial charge in [-0.05, 0) is 32.5 Å². The molecule has 0 saturated carbocycles. The number of hydrogen-bond acceptors (Lipinski definition) is 2. The molecule has 0 bridgehead atoms. The van der Waals surface area contributed by atoms with E-state index in [2.05, 4.69) is 24.1 Å². The van der Waals surface area contributed by atoms with E-state index < -0.39 is 0 Å². The van der Waals surface area contributed by atoms with E-state index in [9.17, 15) is 4.39 Å². The van der Waals surface area contributed by atoms with Gasteiger partial charge in [-0.3, -0.25) is 4.98 Å². The summed E-state index contributed by atoms with van der Waals surface area (Å²) in [6, 6.07) is 3.59. The Hall–Kier alpha value is -0.960. The number of nitrogens with zero attached hydrogens (tertiary/aromatic N) is 1. The van der Waals surface area contributed by atoms with Crippen LogP contribution in [0.25, 0.3) is 0 Å². The number of halogens is 1. The van der Waals surface area contributed by atoms with E-state index in [4.69, 9.17) is 0 Å².